The number of hydrogen-bond donors (Lipinski definition) is 0. The monoisotopic (exact) mass is 634 g/mol. The van der Waals surface area contributed by atoms with Gasteiger partial charge < -0.3 is 23.7 Å². The van der Waals surface area contributed by atoms with E-state index in [1.165, 1.54) is 23.0 Å². The van der Waals surface area contributed by atoms with Crippen LogP contribution in [0.5, 0.6) is 5.75 Å². The first-order valence-corrected chi connectivity index (χ1v) is 15.5. The van der Waals surface area contributed by atoms with Crippen LogP contribution in [0, 0.1) is 0 Å². The van der Waals surface area contributed by atoms with Crippen LogP contribution in [0.25, 0.3) is 17.0 Å². The lowest BCUT2D eigenvalue weighted by Gasteiger charge is -2.27. The van der Waals surface area contributed by atoms with Crippen LogP contribution in [-0.2, 0) is 25.6 Å². The largest absolute Gasteiger partial charge is 0.496 e. The van der Waals surface area contributed by atoms with E-state index in [9.17, 15) is 14.4 Å². The van der Waals surface area contributed by atoms with E-state index in [0.717, 1.165) is 16.5 Å². The molecule has 44 heavy (non-hydrogen) atoms. The third-order valence-corrected chi connectivity index (χ3v) is 9.00. The summed E-state index contributed by atoms with van der Waals surface area (Å²) in [7, 11) is 1.52. The molecule has 2 aromatic heterocycles. The summed E-state index contributed by atoms with van der Waals surface area (Å²) < 4.78 is 20.3. The fourth-order valence-electron chi connectivity index (χ4n) is 5.73. The van der Waals surface area contributed by atoms with Crippen molar-refractivity contribution in [3.8, 4) is 5.75 Å². The van der Waals surface area contributed by atoms with E-state index in [4.69, 9.17) is 25.8 Å². The Morgan fingerprint density at radius 2 is 1.95 bits per heavy atom. The Balaban J connectivity index is 1.49. The minimum atomic E-state index is -0.867. The quantitative estimate of drug-likeness (QED) is 0.289. The summed E-state index contributed by atoms with van der Waals surface area (Å²) in [5.41, 5.74) is 2.58. The van der Waals surface area contributed by atoms with Crippen molar-refractivity contribution in [3.05, 3.63) is 95.8 Å². The first-order valence-electron chi connectivity index (χ1n) is 14.3. The minimum Gasteiger partial charge on any atom is -0.496 e. The number of para-hydroxylation sites is 1. The number of rotatable bonds is 7. The minimum absolute atomic E-state index is 0.0115. The number of thiazole rings is 1. The summed E-state index contributed by atoms with van der Waals surface area (Å²) in [5, 5.41) is 1.34. The molecule has 2 aliphatic rings. The number of amides is 1. The number of benzene rings is 2. The van der Waals surface area contributed by atoms with Crippen molar-refractivity contribution >= 4 is 51.8 Å². The second-order valence-corrected chi connectivity index (χ2v) is 11.9. The normalized spacial score (nSPS) is 17.0. The van der Waals surface area contributed by atoms with Crippen LogP contribution in [0.4, 0.5) is 0 Å². The van der Waals surface area contributed by atoms with E-state index < -0.39 is 12.0 Å². The zero-order valence-corrected chi connectivity index (χ0v) is 26.1. The molecular weight excluding hydrogens is 604 g/mol. The van der Waals surface area contributed by atoms with E-state index in [0.29, 0.717) is 57.7 Å². The first-order chi connectivity index (χ1) is 21.3. The molecule has 0 bridgehead atoms. The number of carbonyl (C=O) groups is 2. The van der Waals surface area contributed by atoms with Crippen LogP contribution in [-0.4, -0.2) is 65.9 Å². The average molecular weight is 635 g/mol. The highest BCUT2D eigenvalue weighted by Crippen LogP contribution is 2.37. The summed E-state index contributed by atoms with van der Waals surface area (Å²) in [6.07, 6.45) is 3.71. The molecule has 6 rings (SSSR count). The van der Waals surface area contributed by atoms with Crippen molar-refractivity contribution in [3.63, 3.8) is 0 Å². The molecule has 0 spiro atoms. The molecule has 0 N–H and O–H groups in total. The van der Waals surface area contributed by atoms with Crippen LogP contribution >= 0.6 is 22.9 Å². The van der Waals surface area contributed by atoms with Crippen molar-refractivity contribution in [1.82, 2.24) is 14.0 Å². The van der Waals surface area contributed by atoms with Gasteiger partial charge in [0.15, 0.2) is 4.80 Å². The Hall–Kier alpha value is -4.19. The number of esters is 1. The molecule has 0 aliphatic carbocycles. The highest BCUT2D eigenvalue weighted by atomic mass is 35.5. The smallest absolute Gasteiger partial charge is 0.338 e. The maximum absolute atomic E-state index is 14.2. The predicted molar refractivity (Wildman–Crippen MR) is 168 cm³/mol. The number of methoxy groups -OCH3 is 1. The Kier molecular flexibility index (Phi) is 8.44. The number of ether oxygens (including phenoxy) is 3. The summed E-state index contributed by atoms with van der Waals surface area (Å²) in [6.45, 7) is 5.99. The molecule has 1 fully saturated rings. The molecule has 12 heteroatoms. The van der Waals surface area contributed by atoms with Gasteiger partial charge in [0.05, 0.1) is 42.7 Å². The fourth-order valence-corrected chi connectivity index (χ4v) is 6.94. The maximum Gasteiger partial charge on any atom is 0.338 e. The van der Waals surface area contributed by atoms with Crippen LogP contribution in [0.2, 0.25) is 5.02 Å². The van der Waals surface area contributed by atoms with Gasteiger partial charge in [-0.1, -0.05) is 41.1 Å². The van der Waals surface area contributed by atoms with E-state index in [-0.39, 0.29) is 30.2 Å². The zero-order chi connectivity index (χ0) is 31.0. The lowest BCUT2D eigenvalue weighted by molar-refractivity contribution is -0.139. The standard InChI is InChI=1S/C32H31ClN4O6S/c1-4-43-31(40)28-19(2)34-32-37(29(28)23-16-21(33)9-10-25(23)41-3)30(39)26(44-32)15-20-17-36(24-8-6-5-7-22(20)24)18-27(38)35-11-13-42-14-12-35/h5-10,15-17,29H,4,11-14,18H2,1-3H3/b26-15-/t29-/m0/s1. The van der Waals surface area contributed by atoms with Gasteiger partial charge in [-0.25, -0.2) is 9.79 Å². The lowest BCUT2D eigenvalue weighted by Crippen LogP contribution is -2.42. The summed E-state index contributed by atoms with van der Waals surface area (Å²) in [5.74, 6) is -0.0843. The molecule has 2 aliphatic heterocycles. The summed E-state index contributed by atoms with van der Waals surface area (Å²) in [6, 6.07) is 12.0. The number of fused-ring (bicyclic) bond motifs is 2. The van der Waals surface area contributed by atoms with Gasteiger partial charge in [-0.2, -0.15) is 0 Å². The molecule has 0 saturated carbocycles. The second-order valence-electron chi connectivity index (χ2n) is 10.4. The van der Waals surface area contributed by atoms with Crippen molar-refractivity contribution in [1.29, 1.82) is 0 Å². The Labute approximate surface area is 262 Å². The van der Waals surface area contributed by atoms with E-state index in [1.54, 1.807) is 32.0 Å². The fraction of sp³-hybridized carbons (Fsp3) is 0.312. The average Bonchev–Trinajstić information content (AvgIpc) is 3.52. The van der Waals surface area contributed by atoms with Crippen LogP contribution in [0.15, 0.2) is 69.7 Å². The molecule has 4 heterocycles. The van der Waals surface area contributed by atoms with Crippen LogP contribution in [0.1, 0.15) is 31.0 Å². The highest BCUT2D eigenvalue weighted by molar-refractivity contribution is 7.07. The number of morpholine rings is 1. The van der Waals surface area contributed by atoms with E-state index >= 15 is 0 Å². The zero-order valence-electron chi connectivity index (χ0n) is 24.5. The molecule has 2 aromatic carbocycles. The predicted octanol–water partition coefficient (Wildman–Crippen LogP) is 3.27. The van der Waals surface area contributed by atoms with Gasteiger partial charge in [0, 0.05) is 46.3 Å². The van der Waals surface area contributed by atoms with Gasteiger partial charge >= 0.3 is 5.97 Å². The van der Waals surface area contributed by atoms with Gasteiger partial charge in [-0.05, 0) is 44.2 Å². The molecule has 4 aromatic rings. The van der Waals surface area contributed by atoms with Crippen molar-refractivity contribution in [2.75, 3.05) is 40.0 Å². The molecule has 0 unspecified atom stereocenters. The van der Waals surface area contributed by atoms with Gasteiger partial charge in [0.1, 0.15) is 18.3 Å². The van der Waals surface area contributed by atoms with Gasteiger partial charge in [0.25, 0.3) is 5.56 Å². The molecule has 1 atom stereocenters. The number of nitrogens with zero attached hydrogens (tertiary/aromatic N) is 4. The molecule has 0 radical (unpaired) electrons. The molecule has 228 valence electrons. The SMILES string of the molecule is CCOC(=O)C1=C(C)N=c2s/c(=C\c3cn(CC(=O)N4CCOCC4)c4ccccc34)c(=O)n2[C@H]1c1cc(Cl)ccc1OC. The third kappa shape index (κ3) is 5.47. The Morgan fingerprint density at radius 1 is 1.18 bits per heavy atom. The summed E-state index contributed by atoms with van der Waals surface area (Å²) >= 11 is 7.63. The Morgan fingerprint density at radius 3 is 2.70 bits per heavy atom. The van der Waals surface area contributed by atoms with Crippen LogP contribution < -0.4 is 19.6 Å². The van der Waals surface area contributed by atoms with E-state index in [2.05, 4.69) is 4.99 Å². The lowest BCUT2D eigenvalue weighted by atomic mass is 9.95. The molecule has 10 nitrogen and oxygen atoms in total. The van der Waals surface area contributed by atoms with E-state index in [1.807, 2.05) is 46.0 Å². The molecule has 1 saturated heterocycles. The van der Waals surface area contributed by atoms with Crippen LogP contribution in [0.3, 0.4) is 0 Å². The third-order valence-electron chi connectivity index (χ3n) is 7.78. The van der Waals surface area contributed by atoms with Gasteiger partial charge in [-0.3, -0.25) is 14.2 Å². The summed E-state index contributed by atoms with van der Waals surface area (Å²) in [4.78, 5) is 47.5. The number of halogens is 1. The molecule has 1 amide bonds. The van der Waals surface area contributed by atoms with Crippen molar-refractivity contribution < 1.29 is 23.8 Å². The van der Waals surface area contributed by atoms with Crippen molar-refractivity contribution in [2.45, 2.75) is 26.4 Å². The second kappa shape index (κ2) is 12.4. The topological polar surface area (TPSA) is 104 Å². The van der Waals surface area contributed by atoms with Crippen molar-refractivity contribution in [2.24, 2.45) is 4.99 Å². The maximum atomic E-state index is 14.2. The number of allylic oxidation sites excluding steroid dienone is 1. The number of aromatic nitrogens is 2. The Bertz CT molecular complexity index is 1990. The van der Waals surface area contributed by atoms with Gasteiger partial charge in [0.2, 0.25) is 5.91 Å². The number of carbonyl (C=O) groups excluding carboxylic acids is 2. The number of hydrogen-bond acceptors (Lipinski definition) is 8. The molecular formula is C32H31ClN4O6S. The first kappa shape index (κ1) is 29.9. The highest BCUT2D eigenvalue weighted by Gasteiger charge is 2.35. The van der Waals surface area contributed by atoms with Gasteiger partial charge in [-0.15, -0.1) is 0 Å².